The van der Waals surface area contributed by atoms with Crippen LogP contribution < -0.4 is 16.0 Å². The van der Waals surface area contributed by atoms with Crippen LogP contribution in [-0.4, -0.2) is 24.9 Å². The molecule has 1 aliphatic rings. The first-order valence-electron chi connectivity index (χ1n) is 9.03. The molecule has 27 heavy (non-hydrogen) atoms. The molecule has 0 spiro atoms. The van der Waals surface area contributed by atoms with Crippen LogP contribution in [0.2, 0.25) is 0 Å². The predicted molar refractivity (Wildman–Crippen MR) is 111 cm³/mol. The summed E-state index contributed by atoms with van der Waals surface area (Å²) in [4.78, 5) is 27.6. The Morgan fingerprint density at radius 1 is 1.11 bits per heavy atom. The van der Waals surface area contributed by atoms with Crippen LogP contribution in [0.15, 0.2) is 42.5 Å². The molecule has 2 amide bonds. The summed E-state index contributed by atoms with van der Waals surface area (Å²) in [6.45, 7) is 3.86. The van der Waals surface area contributed by atoms with Gasteiger partial charge in [0.2, 0.25) is 5.91 Å². The Balaban J connectivity index is 1.71. The number of carbonyl (C=O) groups is 2. The molecule has 0 unspecified atom stereocenters. The van der Waals surface area contributed by atoms with Crippen LogP contribution in [0.4, 0.5) is 11.4 Å². The molecule has 6 heteroatoms. The second-order valence-corrected chi connectivity index (χ2v) is 7.85. The highest BCUT2D eigenvalue weighted by Crippen LogP contribution is 2.34. The zero-order valence-electron chi connectivity index (χ0n) is 15.1. The van der Waals surface area contributed by atoms with Crippen molar-refractivity contribution >= 4 is 44.6 Å². The molecular formula is C21H21N3O2S. The molecule has 0 radical (unpaired) electrons. The first kappa shape index (κ1) is 17.5. The fraction of sp³-hybridized carbons (Fsp3) is 0.238. The van der Waals surface area contributed by atoms with Crippen molar-refractivity contribution in [3.8, 4) is 0 Å². The highest BCUT2D eigenvalue weighted by atomic mass is 32.1. The number of nitrogens with zero attached hydrogens (tertiary/aromatic N) is 1. The standard InChI is InChI=1S/C21H21N3O2S/c1-13-15-6-2-3-7-18(15)27-19(13)21(26)23-16-12-14(20(22)25)8-9-17(16)24-10-4-5-11-24/h2-3,6-9,12H,4-5,10-11H2,1H3,(H2,22,25)(H,23,26). The number of nitrogens with two attached hydrogens (primary N) is 1. The van der Waals surface area contributed by atoms with Crippen LogP contribution in [0.1, 0.15) is 38.4 Å². The Bertz CT molecular complexity index is 1040. The first-order chi connectivity index (χ1) is 13.0. The summed E-state index contributed by atoms with van der Waals surface area (Å²) in [5.74, 6) is -0.660. The number of thiophene rings is 1. The molecule has 1 aromatic heterocycles. The van der Waals surface area contributed by atoms with E-state index in [-0.39, 0.29) is 5.91 Å². The van der Waals surface area contributed by atoms with Crippen molar-refractivity contribution in [2.24, 2.45) is 5.73 Å². The van der Waals surface area contributed by atoms with E-state index in [2.05, 4.69) is 10.2 Å². The van der Waals surface area contributed by atoms with Gasteiger partial charge in [0.1, 0.15) is 0 Å². The monoisotopic (exact) mass is 379 g/mol. The van der Waals surface area contributed by atoms with Crippen molar-refractivity contribution in [3.05, 3.63) is 58.5 Å². The van der Waals surface area contributed by atoms with Crippen LogP contribution in [0.5, 0.6) is 0 Å². The number of anilines is 2. The average Bonchev–Trinajstić information content (AvgIpc) is 3.30. The lowest BCUT2D eigenvalue weighted by Crippen LogP contribution is -2.22. The highest BCUT2D eigenvalue weighted by molar-refractivity contribution is 7.21. The molecule has 2 heterocycles. The lowest BCUT2D eigenvalue weighted by atomic mass is 10.1. The summed E-state index contributed by atoms with van der Waals surface area (Å²) >= 11 is 1.48. The Labute approximate surface area is 161 Å². The molecule has 138 valence electrons. The molecule has 1 aliphatic heterocycles. The van der Waals surface area contributed by atoms with E-state index < -0.39 is 5.91 Å². The quantitative estimate of drug-likeness (QED) is 0.715. The Kier molecular flexibility index (Phi) is 4.58. The topological polar surface area (TPSA) is 75.4 Å². The van der Waals surface area contributed by atoms with Crippen LogP contribution >= 0.6 is 11.3 Å². The van der Waals surface area contributed by atoms with Gasteiger partial charge in [-0.1, -0.05) is 18.2 Å². The Hall–Kier alpha value is -2.86. The number of primary amides is 1. The lowest BCUT2D eigenvalue weighted by molar-refractivity contribution is 0.0996. The smallest absolute Gasteiger partial charge is 0.266 e. The van der Waals surface area contributed by atoms with Gasteiger partial charge >= 0.3 is 0 Å². The Morgan fingerprint density at radius 3 is 2.56 bits per heavy atom. The number of nitrogens with one attached hydrogen (secondary N) is 1. The summed E-state index contributed by atoms with van der Waals surface area (Å²) in [6.07, 6.45) is 2.25. The van der Waals surface area contributed by atoms with Gasteiger partial charge < -0.3 is 16.0 Å². The maximum atomic E-state index is 13.0. The third kappa shape index (κ3) is 3.28. The number of amides is 2. The van der Waals surface area contributed by atoms with Gasteiger partial charge in [0.05, 0.1) is 16.3 Å². The number of aryl methyl sites for hydroxylation is 1. The number of carbonyl (C=O) groups excluding carboxylic acids is 2. The number of fused-ring (bicyclic) bond motifs is 1. The van der Waals surface area contributed by atoms with Crippen molar-refractivity contribution in [2.45, 2.75) is 19.8 Å². The van der Waals surface area contributed by atoms with Gasteiger partial charge in [-0.05, 0) is 55.0 Å². The molecule has 0 atom stereocenters. The largest absolute Gasteiger partial charge is 0.370 e. The van der Waals surface area contributed by atoms with Crippen LogP contribution in [0, 0.1) is 6.92 Å². The van der Waals surface area contributed by atoms with Gasteiger partial charge in [0.25, 0.3) is 5.91 Å². The number of hydrogen-bond acceptors (Lipinski definition) is 4. The number of rotatable bonds is 4. The zero-order valence-corrected chi connectivity index (χ0v) is 15.9. The lowest BCUT2D eigenvalue weighted by Gasteiger charge is -2.22. The molecule has 0 saturated carbocycles. The van der Waals surface area contributed by atoms with E-state index in [4.69, 9.17) is 5.73 Å². The average molecular weight is 379 g/mol. The van der Waals surface area contributed by atoms with E-state index in [1.807, 2.05) is 37.3 Å². The van der Waals surface area contributed by atoms with Crippen molar-refractivity contribution in [1.82, 2.24) is 0 Å². The molecule has 0 bridgehead atoms. The van der Waals surface area contributed by atoms with Crippen molar-refractivity contribution < 1.29 is 9.59 Å². The molecule has 0 aliphatic carbocycles. The predicted octanol–water partition coefficient (Wildman–Crippen LogP) is 4.16. The van der Waals surface area contributed by atoms with E-state index in [0.717, 1.165) is 47.3 Å². The maximum Gasteiger partial charge on any atom is 0.266 e. The van der Waals surface area contributed by atoms with Crippen LogP contribution in [0.25, 0.3) is 10.1 Å². The third-order valence-corrected chi connectivity index (χ3v) is 6.30. The summed E-state index contributed by atoms with van der Waals surface area (Å²) in [5, 5.41) is 4.12. The summed E-state index contributed by atoms with van der Waals surface area (Å²) < 4.78 is 1.09. The van der Waals surface area contributed by atoms with Gasteiger partial charge in [-0.25, -0.2) is 0 Å². The first-order valence-corrected chi connectivity index (χ1v) is 9.84. The molecule has 1 fully saturated rings. The SMILES string of the molecule is Cc1c(C(=O)Nc2cc(C(N)=O)ccc2N2CCCC2)sc2ccccc12. The van der Waals surface area contributed by atoms with Crippen LogP contribution in [-0.2, 0) is 0 Å². The normalized spacial score (nSPS) is 13.9. The molecular weight excluding hydrogens is 358 g/mol. The number of hydrogen-bond donors (Lipinski definition) is 2. The molecule has 5 nitrogen and oxygen atoms in total. The number of benzene rings is 2. The summed E-state index contributed by atoms with van der Waals surface area (Å²) in [5.41, 5.74) is 8.37. The van der Waals surface area contributed by atoms with Gasteiger partial charge in [-0.3, -0.25) is 9.59 Å². The van der Waals surface area contributed by atoms with Crippen LogP contribution in [0.3, 0.4) is 0 Å². The van der Waals surface area contributed by atoms with Gasteiger partial charge in [-0.2, -0.15) is 0 Å². The fourth-order valence-electron chi connectivity index (χ4n) is 3.59. The molecule has 1 saturated heterocycles. The van der Waals surface area contributed by atoms with Crippen molar-refractivity contribution in [2.75, 3.05) is 23.3 Å². The fourth-order valence-corrected chi connectivity index (χ4v) is 4.70. The second-order valence-electron chi connectivity index (χ2n) is 6.80. The van der Waals surface area contributed by atoms with E-state index in [1.54, 1.807) is 12.1 Å². The van der Waals surface area contributed by atoms with Gasteiger partial charge in [0, 0.05) is 23.4 Å². The van der Waals surface area contributed by atoms with E-state index in [9.17, 15) is 9.59 Å². The summed E-state index contributed by atoms with van der Waals surface area (Å²) in [7, 11) is 0. The second kappa shape index (κ2) is 7.04. The van der Waals surface area contributed by atoms with E-state index in [1.165, 1.54) is 11.3 Å². The molecule has 3 N–H and O–H groups in total. The third-order valence-electron chi connectivity index (χ3n) is 5.03. The van der Waals surface area contributed by atoms with Crippen molar-refractivity contribution in [1.29, 1.82) is 0 Å². The molecule has 2 aromatic carbocycles. The maximum absolute atomic E-state index is 13.0. The van der Waals surface area contributed by atoms with Gasteiger partial charge in [0.15, 0.2) is 0 Å². The molecule has 3 aromatic rings. The minimum absolute atomic E-state index is 0.157. The Morgan fingerprint density at radius 2 is 1.85 bits per heavy atom. The van der Waals surface area contributed by atoms with Crippen molar-refractivity contribution in [3.63, 3.8) is 0 Å². The minimum Gasteiger partial charge on any atom is -0.370 e. The van der Waals surface area contributed by atoms with E-state index in [0.29, 0.717) is 16.1 Å². The minimum atomic E-state index is -0.503. The zero-order chi connectivity index (χ0) is 19.0. The van der Waals surface area contributed by atoms with Gasteiger partial charge in [-0.15, -0.1) is 11.3 Å². The van der Waals surface area contributed by atoms with E-state index >= 15 is 0 Å². The molecule has 4 rings (SSSR count). The highest BCUT2D eigenvalue weighted by Gasteiger charge is 2.21. The summed E-state index contributed by atoms with van der Waals surface area (Å²) in [6, 6.07) is 13.3.